The molecule has 1 aliphatic rings. The van der Waals surface area contributed by atoms with Crippen LogP contribution in [0.1, 0.15) is 39.0 Å². The molecule has 29 heavy (non-hydrogen) atoms. The molecule has 1 aromatic rings. The van der Waals surface area contributed by atoms with Gasteiger partial charge in [-0.3, -0.25) is 9.59 Å². The van der Waals surface area contributed by atoms with Gasteiger partial charge in [-0.15, -0.1) is 0 Å². The van der Waals surface area contributed by atoms with Gasteiger partial charge in [0.25, 0.3) is 0 Å². The van der Waals surface area contributed by atoms with Crippen LogP contribution in [0.25, 0.3) is 0 Å². The molecule has 0 saturated carbocycles. The maximum absolute atomic E-state index is 12.7. The highest BCUT2D eigenvalue weighted by molar-refractivity contribution is 5.95. The Labute approximate surface area is 171 Å². The van der Waals surface area contributed by atoms with E-state index < -0.39 is 6.09 Å². The Morgan fingerprint density at radius 2 is 2.03 bits per heavy atom. The number of alkyl carbamates (subject to hydrolysis) is 1. The monoisotopic (exact) mass is 400 g/mol. The number of rotatable bonds is 8. The number of hydrogen-bond acceptors (Lipinski definition) is 5. The van der Waals surface area contributed by atoms with Crippen LogP contribution in [-0.2, 0) is 14.3 Å². The summed E-state index contributed by atoms with van der Waals surface area (Å²) in [6, 6.07) is 11.1. The van der Waals surface area contributed by atoms with Gasteiger partial charge in [-0.25, -0.2) is 4.79 Å². The molecule has 0 aromatic heterocycles. The van der Waals surface area contributed by atoms with Crippen LogP contribution in [0.15, 0.2) is 30.3 Å². The Kier molecular flexibility index (Phi) is 8.96. The first-order chi connectivity index (χ1) is 14.0. The van der Waals surface area contributed by atoms with E-state index in [4.69, 9.17) is 10.00 Å². The summed E-state index contributed by atoms with van der Waals surface area (Å²) >= 11 is 0. The Hall–Kier alpha value is -3.08. The number of ether oxygens (including phenoxy) is 1. The summed E-state index contributed by atoms with van der Waals surface area (Å²) in [5, 5.41) is 11.6. The van der Waals surface area contributed by atoms with Crippen LogP contribution in [-0.4, -0.2) is 55.1 Å². The maximum atomic E-state index is 12.7. The SMILES string of the molecule is CCOC(=O)NC1CCCN(C(=O)CCC(=O)N(CCC#N)c2ccccc2)C1. The quantitative estimate of drug-likeness (QED) is 0.722. The van der Waals surface area contributed by atoms with Crippen molar-refractivity contribution in [3.05, 3.63) is 30.3 Å². The van der Waals surface area contributed by atoms with Gasteiger partial charge >= 0.3 is 6.09 Å². The van der Waals surface area contributed by atoms with Crippen molar-refractivity contribution in [3.63, 3.8) is 0 Å². The molecule has 1 saturated heterocycles. The van der Waals surface area contributed by atoms with Crippen LogP contribution in [0.3, 0.4) is 0 Å². The summed E-state index contributed by atoms with van der Waals surface area (Å²) in [5.41, 5.74) is 0.719. The third-order valence-corrected chi connectivity index (χ3v) is 4.74. The molecule has 1 N–H and O–H groups in total. The van der Waals surface area contributed by atoms with E-state index in [1.807, 2.05) is 30.3 Å². The van der Waals surface area contributed by atoms with Crippen molar-refractivity contribution < 1.29 is 19.1 Å². The maximum Gasteiger partial charge on any atom is 0.407 e. The second kappa shape index (κ2) is 11.7. The van der Waals surface area contributed by atoms with Gasteiger partial charge in [0.2, 0.25) is 11.8 Å². The number of benzene rings is 1. The molecule has 1 aromatic carbocycles. The largest absolute Gasteiger partial charge is 0.450 e. The number of likely N-dealkylation sites (tertiary alicyclic amines) is 1. The molecule has 0 aliphatic carbocycles. The number of amides is 3. The first kappa shape index (κ1) is 22.2. The molecule has 1 heterocycles. The Morgan fingerprint density at radius 1 is 1.28 bits per heavy atom. The number of carbonyl (C=O) groups is 3. The molecule has 1 fully saturated rings. The topological polar surface area (TPSA) is 103 Å². The molecule has 1 unspecified atom stereocenters. The first-order valence-electron chi connectivity index (χ1n) is 9.98. The molecule has 1 atom stereocenters. The van der Waals surface area contributed by atoms with Crippen LogP contribution in [0.4, 0.5) is 10.5 Å². The van der Waals surface area contributed by atoms with E-state index in [1.165, 1.54) is 0 Å². The summed E-state index contributed by atoms with van der Waals surface area (Å²) in [7, 11) is 0. The van der Waals surface area contributed by atoms with E-state index in [0.29, 0.717) is 26.2 Å². The summed E-state index contributed by atoms with van der Waals surface area (Å²) in [5.74, 6) is -0.292. The predicted octanol–water partition coefficient (Wildman–Crippen LogP) is 2.45. The second-order valence-electron chi connectivity index (χ2n) is 6.83. The zero-order valence-corrected chi connectivity index (χ0v) is 16.8. The Balaban J connectivity index is 1.88. The highest BCUT2D eigenvalue weighted by Crippen LogP contribution is 2.17. The summed E-state index contributed by atoms with van der Waals surface area (Å²) in [6.45, 7) is 3.37. The fraction of sp³-hybridized carbons (Fsp3) is 0.524. The van der Waals surface area contributed by atoms with Crippen molar-refractivity contribution in [3.8, 4) is 6.07 Å². The number of para-hydroxylation sites is 1. The fourth-order valence-electron chi connectivity index (χ4n) is 3.34. The molecule has 1 aliphatic heterocycles. The van der Waals surface area contributed by atoms with Gasteiger partial charge in [-0.2, -0.15) is 5.26 Å². The normalized spacial score (nSPS) is 15.9. The van der Waals surface area contributed by atoms with Crippen LogP contribution >= 0.6 is 0 Å². The van der Waals surface area contributed by atoms with Gasteiger partial charge in [0.05, 0.1) is 19.1 Å². The van der Waals surface area contributed by atoms with E-state index in [0.717, 1.165) is 18.5 Å². The second-order valence-corrected chi connectivity index (χ2v) is 6.83. The smallest absolute Gasteiger partial charge is 0.407 e. The lowest BCUT2D eigenvalue weighted by molar-refractivity contribution is -0.134. The summed E-state index contributed by atoms with van der Waals surface area (Å²) < 4.78 is 4.89. The average Bonchev–Trinajstić information content (AvgIpc) is 2.73. The van der Waals surface area contributed by atoms with E-state index >= 15 is 0 Å². The predicted molar refractivity (Wildman–Crippen MR) is 108 cm³/mol. The zero-order valence-electron chi connectivity index (χ0n) is 16.8. The zero-order chi connectivity index (χ0) is 21.1. The average molecular weight is 400 g/mol. The van der Waals surface area contributed by atoms with Crippen molar-refractivity contribution in [2.24, 2.45) is 0 Å². The van der Waals surface area contributed by atoms with Crippen molar-refractivity contribution >= 4 is 23.6 Å². The third-order valence-electron chi connectivity index (χ3n) is 4.74. The number of nitrogens with zero attached hydrogens (tertiary/aromatic N) is 3. The number of anilines is 1. The fourth-order valence-corrected chi connectivity index (χ4v) is 3.34. The highest BCUT2D eigenvalue weighted by atomic mass is 16.5. The van der Waals surface area contributed by atoms with Crippen LogP contribution in [0, 0.1) is 11.3 Å². The molecule has 8 nitrogen and oxygen atoms in total. The highest BCUT2D eigenvalue weighted by Gasteiger charge is 2.26. The van der Waals surface area contributed by atoms with Crippen LogP contribution in [0.2, 0.25) is 0 Å². The third kappa shape index (κ3) is 7.11. The Morgan fingerprint density at radius 3 is 2.72 bits per heavy atom. The molecular formula is C21H28N4O4. The standard InChI is InChI=1S/C21H28N4O4/c1-2-29-21(28)23-17-8-6-14-24(16-17)19(26)11-12-20(27)25(15-7-13-22)18-9-4-3-5-10-18/h3-5,9-10,17H,2,6-8,11-12,14-16H2,1H3,(H,23,28). The minimum atomic E-state index is -0.474. The van der Waals surface area contributed by atoms with Crippen molar-refractivity contribution in [1.82, 2.24) is 10.2 Å². The molecular weight excluding hydrogens is 372 g/mol. The van der Waals surface area contributed by atoms with E-state index in [2.05, 4.69) is 11.4 Å². The minimum absolute atomic E-state index is 0.0750. The molecule has 8 heteroatoms. The molecule has 2 rings (SSSR count). The number of carbonyl (C=O) groups excluding carboxylic acids is 3. The molecule has 0 radical (unpaired) electrons. The van der Waals surface area contributed by atoms with E-state index in [-0.39, 0.29) is 37.1 Å². The van der Waals surface area contributed by atoms with Gasteiger partial charge in [-0.1, -0.05) is 18.2 Å². The van der Waals surface area contributed by atoms with Gasteiger partial charge in [0.1, 0.15) is 0 Å². The number of piperidine rings is 1. The molecule has 156 valence electrons. The van der Waals surface area contributed by atoms with Crippen molar-refractivity contribution in [2.75, 3.05) is 31.1 Å². The van der Waals surface area contributed by atoms with E-state index in [1.54, 1.807) is 16.7 Å². The molecule has 0 bridgehead atoms. The van der Waals surface area contributed by atoms with Gasteiger partial charge in [0.15, 0.2) is 0 Å². The lowest BCUT2D eigenvalue weighted by Crippen LogP contribution is -2.49. The van der Waals surface area contributed by atoms with E-state index in [9.17, 15) is 14.4 Å². The molecule has 0 spiro atoms. The van der Waals surface area contributed by atoms with Gasteiger partial charge in [-0.05, 0) is 31.9 Å². The Bertz CT molecular complexity index is 732. The van der Waals surface area contributed by atoms with Crippen molar-refractivity contribution in [2.45, 2.75) is 45.1 Å². The lowest BCUT2D eigenvalue weighted by atomic mass is 10.1. The van der Waals surface area contributed by atoms with Crippen LogP contribution in [0.5, 0.6) is 0 Å². The van der Waals surface area contributed by atoms with Gasteiger partial charge in [0, 0.05) is 44.2 Å². The summed E-state index contributed by atoms with van der Waals surface area (Å²) in [6.07, 6.45) is 1.50. The molecule has 3 amide bonds. The number of nitriles is 1. The van der Waals surface area contributed by atoms with Crippen LogP contribution < -0.4 is 10.2 Å². The van der Waals surface area contributed by atoms with Crippen molar-refractivity contribution in [1.29, 1.82) is 5.26 Å². The number of nitrogens with one attached hydrogen (secondary N) is 1. The minimum Gasteiger partial charge on any atom is -0.450 e. The first-order valence-corrected chi connectivity index (χ1v) is 9.98. The van der Waals surface area contributed by atoms with Gasteiger partial charge < -0.3 is 19.9 Å². The summed E-state index contributed by atoms with van der Waals surface area (Å²) in [4.78, 5) is 40.1. The number of hydrogen-bond donors (Lipinski definition) is 1. The lowest BCUT2D eigenvalue weighted by Gasteiger charge is -2.33.